The molecule has 3 saturated heterocycles. The lowest BCUT2D eigenvalue weighted by molar-refractivity contribution is -0.342. The number of ether oxygens (including phenoxy) is 10. The Bertz CT molecular complexity index is 2010. The minimum absolute atomic E-state index is 0.154. The summed E-state index contributed by atoms with van der Waals surface area (Å²) in [4.78, 5) is 55.0. The van der Waals surface area contributed by atoms with Gasteiger partial charge in [0, 0.05) is 7.11 Å². The zero-order valence-corrected chi connectivity index (χ0v) is 32.2. The zero-order valence-electron chi connectivity index (χ0n) is 32.2. The smallest absolute Gasteiger partial charge is 0.338 e. The largest absolute Gasteiger partial charge is 0.459 e. The SMILES string of the molecule is CO[C@@H]1O[C@@H](C)[C@H](O[C@H]2O[C@H](COC(=O)c3ccccc3)[C@@H](OC(=O)c3ccccc3)[C@H](OC(=O)c3ccccc3)[C@H]2OC(=O)c2ccccc2)[C@H]2OC(C)(C)O[C@@H]12. The van der Waals surface area contributed by atoms with E-state index < -0.39 is 97.7 Å². The van der Waals surface area contributed by atoms with E-state index in [-0.39, 0.29) is 22.3 Å². The van der Waals surface area contributed by atoms with Gasteiger partial charge < -0.3 is 47.4 Å². The van der Waals surface area contributed by atoms with Gasteiger partial charge in [0.25, 0.3) is 0 Å². The molecule has 0 N–H and O–H groups in total. The lowest BCUT2D eigenvalue weighted by Gasteiger charge is -2.47. The Labute approximate surface area is 335 Å². The Morgan fingerprint density at radius 1 is 0.534 bits per heavy atom. The Kier molecular flexibility index (Phi) is 12.6. The number of carbonyl (C=O) groups excluding carboxylic acids is 4. The van der Waals surface area contributed by atoms with Crippen LogP contribution in [0.4, 0.5) is 0 Å². The van der Waals surface area contributed by atoms with Crippen LogP contribution in [0.2, 0.25) is 0 Å². The molecule has 58 heavy (non-hydrogen) atoms. The number of rotatable bonds is 12. The van der Waals surface area contributed by atoms with E-state index in [1.54, 1.807) is 130 Å². The van der Waals surface area contributed by atoms with Crippen molar-refractivity contribution in [3.63, 3.8) is 0 Å². The summed E-state index contributed by atoms with van der Waals surface area (Å²) in [6.07, 6.45) is -11.7. The molecule has 14 nitrogen and oxygen atoms in total. The van der Waals surface area contributed by atoms with E-state index in [4.69, 9.17) is 47.4 Å². The first-order chi connectivity index (χ1) is 28.0. The third-order valence-electron chi connectivity index (χ3n) is 9.83. The molecule has 3 aliphatic heterocycles. The second kappa shape index (κ2) is 18.0. The number of hydrogen-bond acceptors (Lipinski definition) is 14. The van der Waals surface area contributed by atoms with Crippen LogP contribution in [-0.4, -0.2) is 105 Å². The molecule has 0 bridgehead atoms. The van der Waals surface area contributed by atoms with Crippen LogP contribution in [0.25, 0.3) is 0 Å². The minimum atomic E-state index is -1.60. The number of fused-ring (bicyclic) bond motifs is 1. The van der Waals surface area contributed by atoms with Crippen LogP contribution >= 0.6 is 0 Å². The molecular formula is C44H44O14. The normalized spacial score (nSPS) is 28.7. The van der Waals surface area contributed by atoms with E-state index in [0.29, 0.717) is 0 Å². The summed E-state index contributed by atoms with van der Waals surface area (Å²) in [5.41, 5.74) is 0.734. The van der Waals surface area contributed by atoms with Gasteiger partial charge in [-0.15, -0.1) is 0 Å². The summed E-state index contributed by atoms with van der Waals surface area (Å²) >= 11 is 0. The molecule has 7 rings (SSSR count). The summed E-state index contributed by atoms with van der Waals surface area (Å²) < 4.78 is 61.8. The molecule has 0 aromatic heterocycles. The highest BCUT2D eigenvalue weighted by Gasteiger charge is 2.59. The fraction of sp³-hybridized carbons (Fsp3) is 0.364. The van der Waals surface area contributed by atoms with Crippen molar-refractivity contribution in [1.82, 2.24) is 0 Å². The quantitative estimate of drug-likeness (QED) is 0.130. The maximum absolute atomic E-state index is 14.0. The summed E-state index contributed by atoms with van der Waals surface area (Å²) in [5.74, 6) is -4.24. The molecule has 10 atom stereocenters. The van der Waals surface area contributed by atoms with Crippen LogP contribution in [0.5, 0.6) is 0 Å². The maximum Gasteiger partial charge on any atom is 0.338 e. The first-order valence-corrected chi connectivity index (χ1v) is 18.9. The lowest BCUT2D eigenvalue weighted by Crippen LogP contribution is -2.65. The number of carbonyl (C=O) groups is 4. The van der Waals surface area contributed by atoms with E-state index in [9.17, 15) is 19.2 Å². The fourth-order valence-corrected chi connectivity index (χ4v) is 7.08. The summed E-state index contributed by atoms with van der Waals surface area (Å²) in [7, 11) is 1.48. The number of esters is 4. The lowest BCUT2D eigenvalue weighted by atomic mass is 9.96. The van der Waals surface area contributed by atoms with E-state index >= 15 is 0 Å². The van der Waals surface area contributed by atoms with Crippen molar-refractivity contribution in [2.75, 3.05) is 13.7 Å². The molecule has 3 heterocycles. The van der Waals surface area contributed by atoms with Crippen molar-refractivity contribution < 1.29 is 66.5 Å². The van der Waals surface area contributed by atoms with Crippen molar-refractivity contribution in [2.45, 2.75) is 88.0 Å². The predicted octanol–water partition coefficient (Wildman–Crippen LogP) is 5.54. The minimum Gasteiger partial charge on any atom is -0.459 e. The molecule has 3 aliphatic rings. The average Bonchev–Trinajstić information content (AvgIpc) is 3.58. The highest BCUT2D eigenvalue weighted by Crippen LogP contribution is 2.41. The topological polar surface area (TPSA) is 161 Å². The molecule has 0 spiro atoms. The van der Waals surface area contributed by atoms with Crippen LogP contribution in [0.3, 0.4) is 0 Å². The maximum atomic E-state index is 14.0. The van der Waals surface area contributed by atoms with Gasteiger partial charge in [0.1, 0.15) is 31.0 Å². The van der Waals surface area contributed by atoms with Crippen molar-refractivity contribution in [2.24, 2.45) is 0 Å². The molecule has 4 aromatic carbocycles. The van der Waals surface area contributed by atoms with Crippen LogP contribution in [-0.2, 0) is 47.4 Å². The van der Waals surface area contributed by atoms with Gasteiger partial charge in [-0.2, -0.15) is 0 Å². The summed E-state index contributed by atoms with van der Waals surface area (Å²) in [5, 5.41) is 0. The monoisotopic (exact) mass is 796 g/mol. The van der Waals surface area contributed by atoms with E-state index in [1.165, 1.54) is 19.2 Å². The Balaban J connectivity index is 1.30. The molecule has 0 amide bonds. The van der Waals surface area contributed by atoms with E-state index in [0.717, 1.165) is 0 Å². The van der Waals surface area contributed by atoms with E-state index in [2.05, 4.69) is 0 Å². The van der Waals surface area contributed by atoms with Crippen molar-refractivity contribution in [1.29, 1.82) is 0 Å². The molecule has 14 heteroatoms. The van der Waals surface area contributed by atoms with Gasteiger partial charge in [-0.25, -0.2) is 19.2 Å². The van der Waals surface area contributed by atoms with Gasteiger partial charge in [-0.1, -0.05) is 72.8 Å². The Morgan fingerprint density at radius 2 is 0.966 bits per heavy atom. The summed E-state index contributed by atoms with van der Waals surface area (Å²) in [6, 6.07) is 32.6. The predicted molar refractivity (Wildman–Crippen MR) is 202 cm³/mol. The summed E-state index contributed by atoms with van der Waals surface area (Å²) in [6.45, 7) is 4.71. The molecule has 0 aliphatic carbocycles. The average molecular weight is 797 g/mol. The second-order valence-corrected chi connectivity index (χ2v) is 14.3. The standard InChI is InChI=1S/C44H44O14/c1-26-32(35-37(42(49-4)51-26)58-44(2,3)57-35)56-43-36(55-41(48)30-23-15-8-16-24-30)34(54-40(47)29-21-13-7-14-22-29)33(53-39(46)28-19-11-6-12-20-28)31(52-43)25-50-38(45)27-17-9-5-10-18-27/h5-24,26,31-37,42-43H,25H2,1-4H3/t26-,31+,32-,33+,34-,35+,36+,37+,42+,43+/m0/s1. The van der Waals surface area contributed by atoms with Crippen molar-refractivity contribution in [3.8, 4) is 0 Å². The van der Waals surface area contributed by atoms with Crippen LogP contribution in [0.1, 0.15) is 62.2 Å². The van der Waals surface area contributed by atoms with Gasteiger partial charge >= 0.3 is 23.9 Å². The van der Waals surface area contributed by atoms with Gasteiger partial charge in [-0.05, 0) is 69.3 Å². The van der Waals surface area contributed by atoms with Gasteiger partial charge in [-0.3, -0.25) is 0 Å². The molecule has 304 valence electrons. The van der Waals surface area contributed by atoms with E-state index in [1.807, 2.05) is 0 Å². The van der Waals surface area contributed by atoms with Gasteiger partial charge in [0.05, 0.1) is 28.4 Å². The van der Waals surface area contributed by atoms with Crippen LogP contribution < -0.4 is 0 Å². The highest BCUT2D eigenvalue weighted by atomic mass is 16.8. The van der Waals surface area contributed by atoms with Crippen LogP contribution in [0.15, 0.2) is 121 Å². The van der Waals surface area contributed by atoms with Gasteiger partial charge in [0.2, 0.25) is 0 Å². The fourth-order valence-electron chi connectivity index (χ4n) is 7.08. The molecule has 4 aromatic rings. The number of hydrogen-bond donors (Lipinski definition) is 0. The Morgan fingerprint density at radius 3 is 1.45 bits per heavy atom. The third-order valence-corrected chi connectivity index (χ3v) is 9.83. The molecule has 0 saturated carbocycles. The highest BCUT2D eigenvalue weighted by molar-refractivity contribution is 5.91. The van der Waals surface area contributed by atoms with Gasteiger partial charge in [0.15, 0.2) is 36.7 Å². The third kappa shape index (κ3) is 9.28. The molecular weight excluding hydrogens is 752 g/mol. The van der Waals surface area contributed by atoms with Crippen molar-refractivity contribution in [3.05, 3.63) is 144 Å². The molecule has 0 unspecified atom stereocenters. The first-order valence-electron chi connectivity index (χ1n) is 18.9. The molecule has 3 fully saturated rings. The van der Waals surface area contributed by atoms with Crippen molar-refractivity contribution >= 4 is 23.9 Å². The Hall–Kier alpha value is -5.48. The zero-order chi connectivity index (χ0) is 40.8. The second-order valence-electron chi connectivity index (χ2n) is 14.3. The molecule has 0 radical (unpaired) electrons. The number of benzene rings is 4. The van der Waals surface area contributed by atoms with Crippen LogP contribution in [0, 0.1) is 0 Å². The first kappa shape index (κ1) is 40.7. The number of methoxy groups -OCH3 is 1.